The maximum atomic E-state index is 13.3. The molecular weight excluding hydrogens is 510 g/mol. The number of rotatable bonds is 9. The number of imidazole rings is 1. The quantitative estimate of drug-likeness (QED) is 0.226. The van der Waals surface area contributed by atoms with E-state index in [2.05, 4.69) is 22.2 Å². The van der Waals surface area contributed by atoms with E-state index in [-0.39, 0.29) is 18.1 Å². The summed E-state index contributed by atoms with van der Waals surface area (Å²) in [4.78, 5) is 35.4. The first-order chi connectivity index (χ1) is 18.5. The normalized spacial score (nSPS) is 19.4. The molecule has 1 heterocycles. The van der Waals surface area contributed by atoms with Crippen molar-refractivity contribution < 1.29 is 9.59 Å². The summed E-state index contributed by atoms with van der Waals surface area (Å²) < 4.78 is 1.86. The average Bonchev–Trinajstić information content (AvgIpc) is 3.31. The van der Waals surface area contributed by atoms with E-state index in [9.17, 15) is 9.59 Å². The zero-order valence-electron chi connectivity index (χ0n) is 23.2. The molecule has 0 saturated heterocycles. The van der Waals surface area contributed by atoms with Crippen LogP contribution in [0.5, 0.6) is 0 Å². The lowest BCUT2D eigenvalue weighted by molar-refractivity contribution is -0.121. The topological polar surface area (TPSA) is 102 Å². The number of carbonyl (C=O) groups excluding carboxylic acids is 2. The predicted molar refractivity (Wildman–Crippen MR) is 158 cm³/mol. The first-order valence-corrected chi connectivity index (χ1v) is 14.0. The van der Waals surface area contributed by atoms with Crippen LogP contribution in [0.4, 0.5) is 5.69 Å². The second kappa shape index (κ2) is 12.2. The minimum atomic E-state index is -0.951. The molecule has 3 N–H and O–H groups in total. The molecule has 39 heavy (non-hydrogen) atoms. The maximum absolute atomic E-state index is 13.3. The molecular formula is C31H38ClN5O2. The van der Waals surface area contributed by atoms with Crippen LogP contribution in [0.15, 0.2) is 60.0 Å². The zero-order chi connectivity index (χ0) is 28.2. The number of amides is 1. The van der Waals surface area contributed by atoms with Gasteiger partial charge < -0.3 is 15.6 Å². The number of nitrogens with two attached hydrogens (primary N) is 1. The molecule has 7 nitrogen and oxygen atoms in total. The van der Waals surface area contributed by atoms with Crippen molar-refractivity contribution in [3.05, 3.63) is 76.8 Å². The molecule has 0 bridgehead atoms. The highest BCUT2D eigenvalue weighted by Crippen LogP contribution is 2.40. The number of aryl methyl sites for hydroxylation is 1. The van der Waals surface area contributed by atoms with Crippen molar-refractivity contribution in [3.63, 3.8) is 0 Å². The van der Waals surface area contributed by atoms with Gasteiger partial charge in [-0.3, -0.25) is 14.6 Å². The second-order valence-corrected chi connectivity index (χ2v) is 11.6. The fourth-order valence-corrected chi connectivity index (χ4v) is 6.09. The molecule has 0 aliphatic heterocycles. The van der Waals surface area contributed by atoms with Crippen molar-refractivity contribution in [2.75, 3.05) is 5.32 Å². The van der Waals surface area contributed by atoms with Gasteiger partial charge in [0.25, 0.3) is 5.91 Å². The highest BCUT2D eigenvalue weighted by Gasteiger charge is 2.33. The van der Waals surface area contributed by atoms with Crippen LogP contribution in [-0.4, -0.2) is 27.1 Å². The number of benzene rings is 2. The lowest BCUT2D eigenvalue weighted by Crippen LogP contribution is -2.29. The Morgan fingerprint density at radius 2 is 2.00 bits per heavy atom. The molecule has 8 heteroatoms. The van der Waals surface area contributed by atoms with Gasteiger partial charge in [0.2, 0.25) is 0 Å². The van der Waals surface area contributed by atoms with Gasteiger partial charge in [0.1, 0.15) is 5.78 Å². The first kappa shape index (κ1) is 28.6. The SMILES string of the molecule is CC(N)=N[C@@](C)(CC(=O)C[C@@H]1CCC[C@H](C)C1)c1cccc(NC(=O)c2cccc(-n3cnc(C)c3)c2)c1Cl. The summed E-state index contributed by atoms with van der Waals surface area (Å²) in [7, 11) is 0. The third-order valence-electron chi connectivity index (χ3n) is 7.47. The summed E-state index contributed by atoms with van der Waals surface area (Å²) >= 11 is 6.88. The van der Waals surface area contributed by atoms with Gasteiger partial charge in [0, 0.05) is 35.9 Å². The molecule has 0 unspecified atom stereocenters. The van der Waals surface area contributed by atoms with E-state index in [0.717, 1.165) is 24.2 Å². The number of nitrogens with zero attached hydrogens (tertiary/aromatic N) is 3. The first-order valence-electron chi connectivity index (χ1n) is 13.6. The number of carbonyl (C=O) groups is 2. The van der Waals surface area contributed by atoms with Gasteiger partial charge in [-0.2, -0.15) is 0 Å². The highest BCUT2D eigenvalue weighted by molar-refractivity contribution is 6.35. The summed E-state index contributed by atoms with van der Waals surface area (Å²) in [6.07, 6.45) is 8.94. The number of aliphatic imine (C=N–C) groups is 1. The van der Waals surface area contributed by atoms with Crippen LogP contribution < -0.4 is 11.1 Å². The number of hydrogen-bond acceptors (Lipinski definition) is 4. The van der Waals surface area contributed by atoms with E-state index in [0.29, 0.717) is 45.9 Å². The zero-order valence-corrected chi connectivity index (χ0v) is 24.0. The lowest BCUT2D eigenvalue weighted by Gasteiger charge is -2.30. The van der Waals surface area contributed by atoms with Gasteiger partial charge in [-0.1, -0.05) is 56.0 Å². The van der Waals surface area contributed by atoms with Crippen molar-refractivity contribution in [3.8, 4) is 5.69 Å². The highest BCUT2D eigenvalue weighted by atomic mass is 35.5. The molecule has 0 spiro atoms. The number of Topliss-reactive ketones (excluding diaryl/α,β-unsaturated/α-hetero) is 1. The number of anilines is 1. The Balaban J connectivity index is 1.56. The van der Waals surface area contributed by atoms with Crippen molar-refractivity contribution in [1.82, 2.24) is 9.55 Å². The predicted octanol–water partition coefficient (Wildman–Crippen LogP) is 6.85. The summed E-state index contributed by atoms with van der Waals surface area (Å²) in [5.41, 5.74) is 8.37. The summed E-state index contributed by atoms with van der Waals surface area (Å²) in [5.74, 6) is 1.30. The lowest BCUT2D eigenvalue weighted by atomic mass is 9.78. The molecule has 1 saturated carbocycles. The van der Waals surface area contributed by atoms with Gasteiger partial charge in [-0.25, -0.2) is 4.98 Å². The molecule has 2 aromatic carbocycles. The van der Waals surface area contributed by atoms with Gasteiger partial charge >= 0.3 is 0 Å². The number of amidine groups is 1. The Bertz CT molecular complexity index is 1380. The fraction of sp³-hybridized carbons (Fsp3) is 0.419. The number of ketones is 1. The fourth-order valence-electron chi connectivity index (χ4n) is 5.72. The van der Waals surface area contributed by atoms with Gasteiger partial charge in [-0.15, -0.1) is 0 Å². The Morgan fingerprint density at radius 3 is 2.69 bits per heavy atom. The summed E-state index contributed by atoms with van der Waals surface area (Å²) in [6, 6.07) is 12.7. The van der Waals surface area contributed by atoms with Crippen LogP contribution in [0.1, 0.15) is 80.9 Å². The van der Waals surface area contributed by atoms with Crippen LogP contribution in [0.2, 0.25) is 5.02 Å². The molecule has 3 aromatic rings. The van der Waals surface area contributed by atoms with Crippen molar-refractivity contribution in [2.24, 2.45) is 22.6 Å². The van der Waals surface area contributed by atoms with Crippen molar-refractivity contribution in [2.45, 2.75) is 71.8 Å². The molecule has 0 radical (unpaired) electrons. The van der Waals surface area contributed by atoms with Crippen molar-refractivity contribution >= 4 is 34.8 Å². The number of aromatic nitrogens is 2. The van der Waals surface area contributed by atoms with E-state index in [1.165, 1.54) is 12.8 Å². The molecule has 4 rings (SSSR count). The third-order valence-corrected chi connectivity index (χ3v) is 7.88. The van der Waals surface area contributed by atoms with Crippen LogP contribution in [-0.2, 0) is 10.3 Å². The largest absolute Gasteiger partial charge is 0.388 e. The molecule has 1 fully saturated rings. The molecule has 3 atom stereocenters. The third kappa shape index (κ3) is 7.15. The van der Waals surface area contributed by atoms with E-state index in [4.69, 9.17) is 17.3 Å². The Morgan fingerprint density at radius 1 is 1.23 bits per heavy atom. The van der Waals surface area contributed by atoms with Crippen molar-refractivity contribution in [1.29, 1.82) is 0 Å². The maximum Gasteiger partial charge on any atom is 0.255 e. The van der Waals surface area contributed by atoms with Gasteiger partial charge in [0.05, 0.1) is 34.1 Å². The Labute approximate surface area is 235 Å². The van der Waals surface area contributed by atoms with Crippen LogP contribution in [0.25, 0.3) is 5.69 Å². The molecule has 1 aliphatic carbocycles. The number of hydrogen-bond donors (Lipinski definition) is 2. The number of nitrogens with one attached hydrogen (secondary N) is 1. The van der Waals surface area contributed by atoms with Crippen LogP contribution >= 0.6 is 11.6 Å². The minimum absolute atomic E-state index is 0.152. The summed E-state index contributed by atoms with van der Waals surface area (Å²) in [5, 5.41) is 3.29. The van der Waals surface area contributed by atoms with E-state index in [1.54, 1.807) is 31.5 Å². The van der Waals surface area contributed by atoms with Gasteiger partial charge in [0.15, 0.2) is 0 Å². The second-order valence-electron chi connectivity index (χ2n) is 11.2. The van der Waals surface area contributed by atoms with E-state index >= 15 is 0 Å². The molecule has 1 aliphatic rings. The van der Waals surface area contributed by atoms with E-state index in [1.807, 2.05) is 48.9 Å². The van der Waals surface area contributed by atoms with Crippen LogP contribution in [0, 0.1) is 18.8 Å². The summed E-state index contributed by atoms with van der Waals surface area (Å²) in [6.45, 7) is 7.77. The smallest absolute Gasteiger partial charge is 0.255 e. The van der Waals surface area contributed by atoms with Crippen LogP contribution in [0.3, 0.4) is 0 Å². The Kier molecular flexibility index (Phi) is 8.90. The molecule has 206 valence electrons. The van der Waals surface area contributed by atoms with E-state index < -0.39 is 5.54 Å². The monoisotopic (exact) mass is 547 g/mol. The molecule has 1 amide bonds. The van der Waals surface area contributed by atoms with Gasteiger partial charge in [-0.05, 0) is 63.3 Å². The molecule has 1 aromatic heterocycles. The number of halogens is 1. The minimum Gasteiger partial charge on any atom is -0.388 e. The Hall–Kier alpha value is -3.45. The standard InChI is InChI=1S/C31H38ClN5O2/c1-20-8-5-9-23(14-20)15-26(38)17-31(4,36-22(3)33)27-12-7-13-28(29(27)32)35-30(39)24-10-6-11-25(16-24)37-18-21(2)34-19-37/h6-7,10-13,16,18-20,23H,5,8-9,14-15,17H2,1-4H3,(H2,33,36)(H,35,39)/t20-,23+,31-/m0/s1. The average molecular weight is 548 g/mol.